The second-order valence-corrected chi connectivity index (χ2v) is 7.01. The van der Waals surface area contributed by atoms with Gasteiger partial charge in [-0.2, -0.15) is 10.1 Å². The maximum atomic E-state index is 5.57. The zero-order chi connectivity index (χ0) is 18.4. The number of benzene rings is 1. The van der Waals surface area contributed by atoms with Gasteiger partial charge >= 0.3 is 0 Å². The second-order valence-electron chi connectivity index (χ2n) is 7.01. The Hall–Kier alpha value is -3.29. The van der Waals surface area contributed by atoms with Gasteiger partial charge in [-0.05, 0) is 19.4 Å². The molecule has 1 unspecified atom stereocenters. The van der Waals surface area contributed by atoms with Crippen molar-refractivity contribution < 1.29 is 4.52 Å². The van der Waals surface area contributed by atoms with Crippen molar-refractivity contribution >= 4 is 0 Å². The van der Waals surface area contributed by atoms with E-state index in [1.807, 2.05) is 19.3 Å². The van der Waals surface area contributed by atoms with Crippen LogP contribution in [0.2, 0.25) is 0 Å². The van der Waals surface area contributed by atoms with Gasteiger partial charge in [-0.3, -0.25) is 4.68 Å². The summed E-state index contributed by atoms with van der Waals surface area (Å²) in [4.78, 5) is 4.61. The molecule has 1 aliphatic rings. The zero-order valence-electron chi connectivity index (χ0n) is 15.2. The van der Waals surface area contributed by atoms with Gasteiger partial charge in [-0.15, -0.1) is 10.2 Å². The highest BCUT2D eigenvalue weighted by Crippen LogP contribution is 2.31. The van der Waals surface area contributed by atoms with Crippen LogP contribution >= 0.6 is 0 Å². The van der Waals surface area contributed by atoms with Crippen molar-refractivity contribution in [3.05, 3.63) is 53.9 Å². The third kappa shape index (κ3) is 2.83. The molecule has 0 fully saturated rings. The normalized spacial score (nSPS) is 16.4. The Balaban J connectivity index is 1.45. The fourth-order valence-electron chi connectivity index (χ4n) is 3.58. The maximum absolute atomic E-state index is 5.57. The van der Waals surface area contributed by atoms with Crippen LogP contribution in [0.4, 0.5) is 0 Å². The minimum Gasteiger partial charge on any atom is -0.339 e. The Kier molecular flexibility index (Phi) is 3.63. The van der Waals surface area contributed by atoms with E-state index in [0.29, 0.717) is 11.7 Å². The average molecular weight is 361 g/mol. The summed E-state index contributed by atoms with van der Waals surface area (Å²) in [5.74, 6) is 3.28. The van der Waals surface area contributed by atoms with E-state index in [0.717, 1.165) is 42.2 Å². The minimum absolute atomic E-state index is 0.148. The number of hydrogen-bond acceptors (Lipinski definition) is 6. The van der Waals surface area contributed by atoms with E-state index < -0.39 is 0 Å². The summed E-state index contributed by atoms with van der Waals surface area (Å²) in [5, 5.41) is 17.1. The highest BCUT2D eigenvalue weighted by molar-refractivity contribution is 5.56. The molecule has 0 amide bonds. The molecule has 0 aliphatic carbocycles. The second kappa shape index (κ2) is 6.15. The molecule has 1 aromatic carbocycles. The van der Waals surface area contributed by atoms with Crippen LogP contribution in [0.25, 0.3) is 22.8 Å². The van der Waals surface area contributed by atoms with E-state index in [4.69, 9.17) is 4.52 Å². The van der Waals surface area contributed by atoms with Gasteiger partial charge in [0.15, 0.2) is 5.82 Å². The molecular formula is C19H19N7O. The van der Waals surface area contributed by atoms with Gasteiger partial charge in [0.05, 0.1) is 17.7 Å². The molecule has 0 bridgehead atoms. The average Bonchev–Trinajstić information content (AvgIpc) is 3.40. The van der Waals surface area contributed by atoms with Gasteiger partial charge < -0.3 is 9.09 Å². The van der Waals surface area contributed by atoms with E-state index in [2.05, 4.69) is 55.1 Å². The summed E-state index contributed by atoms with van der Waals surface area (Å²) in [6.45, 7) is 2.82. The lowest BCUT2D eigenvalue weighted by molar-refractivity contribution is 0.317. The molecule has 3 aromatic heterocycles. The number of fused-ring (bicyclic) bond motifs is 1. The predicted octanol–water partition coefficient (Wildman–Crippen LogP) is 2.77. The Morgan fingerprint density at radius 2 is 2.11 bits per heavy atom. The fraction of sp³-hybridized carbons (Fsp3) is 0.316. The first-order chi connectivity index (χ1) is 13.2. The molecule has 4 aromatic rings. The molecule has 5 rings (SSSR count). The molecule has 8 heteroatoms. The van der Waals surface area contributed by atoms with Crippen LogP contribution in [-0.4, -0.2) is 34.7 Å². The maximum Gasteiger partial charge on any atom is 0.231 e. The monoisotopic (exact) mass is 361 g/mol. The Labute approximate surface area is 155 Å². The number of rotatable bonds is 3. The molecular weight excluding hydrogens is 342 g/mol. The minimum atomic E-state index is 0.148. The van der Waals surface area contributed by atoms with Crippen molar-refractivity contribution in [3.8, 4) is 22.8 Å². The summed E-state index contributed by atoms with van der Waals surface area (Å²) in [6.07, 6.45) is 5.38. The van der Waals surface area contributed by atoms with Crippen LogP contribution < -0.4 is 0 Å². The van der Waals surface area contributed by atoms with Crippen molar-refractivity contribution in [2.45, 2.75) is 32.2 Å². The molecule has 1 atom stereocenters. The van der Waals surface area contributed by atoms with Gasteiger partial charge in [0.2, 0.25) is 11.7 Å². The first-order valence-corrected chi connectivity index (χ1v) is 8.99. The van der Waals surface area contributed by atoms with Crippen molar-refractivity contribution in [1.82, 2.24) is 34.7 Å². The van der Waals surface area contributed by atoms with Crippen LogP contribution in [-0.2, 0) is 20.0 Å². The highest BCUT2D eigenvalue weighted by Gasteiger charge is 2.28. The summed E-state index contributed by atoms with van der Waals surface area (Å²) in [6, 6.07) is 8.33. The van der Waals surface area contributed by atoms with Gasteiger partial charge in [-0.1, -0.05) is 28.9 Å². The summed E-state index contributed by atoms with van der Waals surface area (Å²) < 4.78 is 9.47. The van der Waals surface area contributed by atoms with Gasteiger partial charge in [0.1, 0.15) is 5.82 Å². The van der Waals surface area contributed by atoms with Gasteiger partial charge in [-0.25, -0.2) is 0 Å². The number of nitrogens with zero attached hydrogens (tertiary/aromatic N) is 7. The lowest BCUT2D eigenvalue weighted by Gasteiger charge is -2.21. The largest absolute Gasteiger partial charge is 0.339 e. The Morgan fingerprint density at radius 1 is 1.19 bits per heavy atom. The fourth-order valence-corrected chi connectivity index (χ4v) is 3.58. The predicted molar refractivity (Wildman–Crippen MR) is 97.8 cm³/mol. The molecule has 4 heterocycles. The van der Waals surface area contributed by atoms with Crippen molar-refractivity contribution in [3.63, 3.8) is 0 Å². The lowest BCUT2D eigenvalue weighted by Crippen LogP contribution is -2.20. The van der Waals surface area contributed by atoms with Crippen LogP contribution in [0.5, 0.6) is 0 Å². The molecule has 8 nitrogen and oxygen atoms in total. The third-order valence-electron chi connectivity index (χ3n) is 4.98. The zero-order valence-corrected chi connectivity index (χ0v) is 15.2. The lowest BCUT2D eigenvalue weighted by atomic mass is 9.99. The number of aryl methyl sites for hydroxylation is 3. The van der Waals surface area contributed by atoms with E-state index in [9.17, 15) is 0 Å². The molecule has 0 radical (unpaired) electrons. The molecule has 0 saturated heterocycles. The smallest absolute Gasteiger partial charge is 0.231 e. The van der Waals surface area contributed by atoms with Crippen molar-refractivity contribution in [2.75, 3.05) is 0 Å². The number of hydrogen-bond donors (Lipinski definition) is 0. The standard InChI is InChI=1S/C19H19N7O/c1-12-4-3-5-13(8-12)18-23-22-16-7-6-14(11-26(16)18)19-21-17(24-27-19)15-9-20-25(2)10-15/h3-5,8-10,14H,6-7,11H2,1-2H3. The summed E-state index contributed by atoms with van der Waals surface area (Å²) >= 11 is 0. The van der Waals surface area contributed by atoms with E-state index in [-0.39, 0.29) is 5.92 Å². The van der Waals surface area contributed by atoms with E-state index in [1.54, 1.807) is 10.9 Å². The van der Waals surface area contributed by atoms with Crippen molar-refractivity contribution in [2.24, 2.45) is 7.05 Å². The van der Waals surface area contributed by atoms with Crippen molar-refractivity contribution in [1.29, 1.82) is 0 Å². The van der Waals surface area contributed by atoms with Gasteiger partial charge in [0.25, 0.3) is 0 Å². The van der Waals surface area contributed by atoms with Crippen LogP contribution in [0, 0.1) is 6.92 Å². The first kappa shape index (κ1) is 15.9. The third-order valence-corrected chi connectivity index (χ3v) is 4.98. The van der Waals surface area contributed by atoms with Crippen LogP contribution in [0.1, 0.15) is 29.6 Å². The molecule has 0 spiro atoms. The van der Waals surface area contributed by atoms with E-state index >= 15 is 0 Å². The summed E-state index contributed by atoms with van der Waals surface area (Å²) in [5.41, 5.74) is 3.14. The molecule has 0 N–H and O–H groups in total. The number of aromatic nitrogens is 7. The molecule has 0 saturated carbocycles. The van der Waals surface area contributed by atoms with Crippen LogP contribution in [0.3, 0.4) is 0 Å². The van der Waals surface area contributed by atoms with Gasteiger partial charge in [0, 0.05) is 31.8 Å². The quantitative estimate of drug-likeness (QED) is 0.558. The SMILES string of the molecule is Cc1cccc(-c2nnc3n2CC(c2nc(-c4cnn(C)c4)no2)CC3)c1. The molecule has 1 aliphatic heterocycles. The Bertz CT molecular complexity index is 1110. The van der Waals surface area contributed by atoms with E-state index in [1.165, 1.54) is 5.56 Å². The highest BCUT2D eigenvalue weighted by atomic mass is 16.5. The van der Waals surface area contributed by atoms with Crippen LogP contribution in [0.15, 0.2) is 41.2 Å². The topological polar surface area (TPSA) is 87.5 Å². The Morgan fingerprint density at radius 3 is 2.93 bits per heavy atom. The first-order valence-electron chi connectivity index (χ1n) is 8.99. The molecule has 136 valence electrons. The summed E-state index contributed by atoms with van der Waals surface area (Å²) in [7, 11) is 1.87. The molecule has 27 heavy (non-hydrogen) atoms.